The van der Waals surface area contributed by atoms with Crippen LogP contribution in [0.4, 0.5) is 15.8 Å². The minimum atomic E-state index is -0.294. The van der Waals surface area contributed by atoms with Crippen LogP contribution in [-0.4, -0.2) is 34.6 Å². The van der Waals surface area contributed by atoms with Crippen molar-refractivity contribution in [2.45, 2.75) is 58.9 Å². The maximum Gasteiger partial charge on any atom is 0.266 e. The summed E-state index contributed by atoms with van der Waals surface area (Å²) in [7, 11) is 0. The van der Waals surface area contributed by atoms with Crippen LogP contribution < -0.4 is 4.90 Å². The molecule has 0 bridgehead atoms. The molecule has 4 nitrogen and oxygen atoms in total. The number of aliphatic imine (C=N–C) groups is 1. The number of thioether (sulfide) groups is 1. The van der Waals surface area contributed by atoms with Crippen LogP contribution in [0, 0.1) is 5.82 Å². The zero-order chi connectivity index (χ0) is 23.8. The number of likely N-dealkylation sites (N-methyl/N-ethyl adjacent to an activating group) is 1. The van der Waals surface area contributed by atoms with E-state index in [1.807, 2.05) is 43.3 Å². The third-order valence-electron chi connectivity index (χ3n) is 6.42. The molecule has 0 N–H and O–H groups in total. The summed E-state index contributed by atoms with van der Waals surface area (Å²) in [4.78, 5) is 22.2. The first-order valence-corrected chi connectivity index (χ1v) is 12.5. The number of anilines is 1. The topological polar surface area (TPSA) is 35.9 Å². The highest BCUT2D eigenvalue weighted by molar-refractivity contribution is 8.18. The number of hydrogen-bond donors (Lipinski definition) is 0. The van der Waals surface area contributed by atoms with Crippen molar-refractivity contribution in [3.63, 3.8) is 0 Å². The molecule has 0 aromatic heterocycles. The Kier molecular flexibility index (Phi) is 6.66. The van der Waals surface area contributed by atoms with Crippen LogP contribution in [0.5, 0.6) is 0 Å². The predicted molar refractivity (Wildman–Crippen MR) is 138 cm³/mol. The lowest BCUT2D eigenvalue weighted by atomic mass is 9.79. The molecule has 2 aromatic carbocycles. The average molecular weight is 466 g/mol. The van der Waals surface area contributed by atoms with Crippen molar-refractivity contribution in [3.05, 3.63) is 64.3 Å². The number of carbonyl (C=O) groups excluding carboxylic acids is 1. The Hall–Kier alpha value is -2.60. The number of benzene rings is 2. The fourth-order valence-corrected chi connectivity index (χ4v) is 5.96. The summed E-state index contributed by atoms with van der Waals surface area (Å²) >= 11 is 1.31. The van der Waals surface area contributed by atoms with Gasteiger partial charge in [0.05, 0.1) is 10.6 Å². The first kappa shape index (κ1) is 23.6. The van der Waals surface area contributed by atoms with E-state index in [-0.39, 0.29) is 17.3 Å². The molecule has 6 heteroatoms. The molecule has 2 heterocycles. The highest BCUT2D eigenvalue weighted by atomic mass is 32.2. The van der Waals surface area contributed by atoms with Crippen molar-refractivity contribution < 1.29 is 9.18 Å². The third-order valence-corrected chi connectivity index (χ3v) is 7.43. The van der Waals surface area contributed by atoms with Crippen molar-refractivity contribution in [3.8, 4) is 0 Å². The number of nitrogens with zero attached hydrogens (tertiary/aromatic N) is 3. The molecule has 0 radical (unpaired) electrons. The highest BCUT2D eigenvalue weighted by Crippen LogP contribution is 2.45. The molecule has 2 aliphatic rings. The van der Waals surface area contributed by atoms with Crippen molar-refractivity contribution in [2.75, 3.05) is 18.0 Å². The van der Waals surface area contributed by atoms with Gasteiger partial charge in [-0.25, -0.2) is 9.38 Å². The van der Waals surface area contributed by atoms with Gasteiger partial charge in [0.25, 0.3) is 5.91 Å². The molecule has 33 heavy (non-hydrogen) atoms. The minimum Gasteiger partial charge on any atom is -0.366 e. The molecule has 0 aliphatic carbocycles. The Labute approximate surface area is 200 Å². The van der Waals surface area contributed by atoms with Gasteiger partial charge >= 0.3 is 0 Å². The van der Waals surface area contributed by atoms with Gasteiger partial charge in [-0.1, -0.05) is 32.0 Å². The predicted octanol–water partition coefficient (Wildman–Crippen LogP) is 6.95. The van der Waals surface area contributed by atoms with Gasteiger partial charge in [-0.05, 0) is 87.2 Å². The minimum absolute atomic E-state index is 0.0173. The van der Waals surface area contributed by atoms with Gasteiger partial charge in [0.1, 0.15) is 5.82 Å². The standard InChI is InChI=1S/C27H32FN3OS/c1-6-13-31-23-16-22(28)19(14-21(23)18(3)17-27(31,4)5)15-24-25(32)30(7-2)26(33-24)29-20-11-9-8-10-12-20/h8-12,14-16,18H,6-7,13,17H2,1-5H3/b24-15+,29-26?. The van der Waals surface area contributed by atoms with Gasteiger partial charge in [-0.3, -0.25) is 9.69 Å². The van der Waals surface area contributed by atoms with Crippen LogP contribution in [0.25, 0.3) is 6.08 Å². The van der Waals surface area contributed by atoms with Gasteiger partial charge in [0.15, 0.2) is 5.17 Å². The lowest BCUT2D eigenvalue weighted by molar-refractivity contribution is -0.122. The zero-order valence-electron chi connectivity index (χ0n) is 20.1. The summed E-state index contributed by atoms with van der Waals surface area (Å²) in [5.74, 6) is -0.108. The monoisotopic (exact) mass is 465 g/mol. The van der Waals surface area contributed by atoms with Gasteiger partial charge in [0, 0.05) is 29.9 Å². The Morgan fingerprint density at radius 1 is 1.21 bits per heavy atom. The maximum atomic E-state index is 15.3. The van der Waals surface area contributed by atoms with Crippen molar-refractivity contribution in [2.24, 2.45) is 4.99 Å². The van der Waals surface area contributed by atoms with E-state index in [1.165, 1.54) is 11.8 Å². The average Bonchev–Trinajstić information content (AvgIpc) is 3.06. The Bertz CT molecular complexity index is 1110. The fourth-order valence-electron chi connectivity index (χ4n) is 4.90. The molecule has 1 atom stereocenters. The number of halogens is 1. The second kappa shape index (κ2) is 9.34. The smallest absolute Gasteiger partial charge is 0.266 e. The molecule has 1 saturated heterocycles. The molecular formula is C27H32FN3OS. The molecule has 4 rings (SSSR count). The number of amides is 1. The summed E-state index contributed by atoms with van der Waals surface area (Å²) in [6.07, 6.45) is 3.70. The van der Waals surface area contributed by atoms with Gasteiger partial charge in [-0.15, -0.1) is 0 Å². The van der Waals surface area contributed by atoms with Crippen LogP contribution in [0.2, 0.25) is 0 Å². The van der Waals surface area contributed by atoms with Crippen LogP contribution in [0.3, 0.4) is 0 Å². The number of hydrogen-bond acceptors (Lipinski definition) is 4. The Balaban J connectivity index is 1.72. The van der Waals surface area contributed by atoms with Crippen LogP contribution >= 0.6 is 11.8 Å². The van der Waals surface area contributed by atoms with Crippen molar-refractivity contribution in [1.29, 1.82) is 0 Å². The summed E-state index contributed by atoms with van der Waals surface area (Å²) in [5, 5.41) is 0.627. The second-order valence-electron chi connectivity index (χ2n) is 9.39. The van der Waals surface area contributed by atoms with E-state index < -0.39 is 0 Å². The molecule has 2 aromatic rings. The second-order valence-corrected chi connectivity index (χ2v) is 10.4. The number of fused-ring (bicyclic) bond motifs is 1. The van der Waals surface area contributed by atoms with Crippen molar-refractivity contribution in [1.82, 2.24) is 4.90 Å². The summed E-state index contributed by atoms with van der Waals surface area (Å²) in [5.41, 5.74) is 3.37. The van der Waals surface area contributed by atoms with Gasteiger partial charge < -0.3 is 4.90 Å². The highest BCUT2D eigenvalue weighted by Gasteiger charge is 2.37. The maximum absolute atomic E-state index is 15.3. The van der Waals surface area contributed by atoms with E-state index in [0.29, 0.717) is 28.1 Å². The van der Waals surface area contributed by atoms with E-state index in [2.05, 4.69) is 37.6 Å². The molecule has 0 spiro atoms. The molecule has 174 valence electrons. The Morgan fingerprint density at radius 2 is 1.94 bits per heavy atom. The van der Waals surface area contributed by atoms with Crippen LogP contribution in [-0.2, 0) is 4.79 Å². The summed E-state index contributed by atoms with van der Waals surface area (Å²) in [6, 6.07) is 13.2. The third kappa shape index (κ3) is 4.58. The zero-order valence-corrected chi connectivity index (χ0v) is 20.9. The lowest BCUT2D eigenvalue weighted by Crippen LogP contribution is -2.48. The first-order chi connectivity index (χ1) is 15.7. The van der Waals surface area contributed by atoms with E-state index in [0.717, 1.165) is 36.3 Å². The van der Waals surface area contributed by atoms with E-state index in [1.54, 1.807) is 17.0 Å². The molecule has 1 amide bonds. The molecular weight excluding hydrogens is 433 g/mol. The van der Waals surface area contributed by atoms with Crippen LogP contribution in [0.1, 0.15) is 64.5 Å². The molecule has 1 unspecified atom stereocenters. The number of rotatable bonds is 5. The van der Waals surface area contributed by atoms with E-state index in [9.17, 15) is 4.79 Å². The SMILES string of the molecule is CCCN1c2cc(F)c(/C=C3/SC(=Nc4ccccc4)N(CC)C3=O)cc2C(C)CC1(C)C. The molecule has 2 aliphatic heterocycles. The first-order valence-electron chi connectivity index (χ1n) is 11.7. The largest absolute Gasteiger partial charge is 0.366 e. The number of para-hydroxylation sites is 1. The summed E-state index contributed by atoms with van der Waals surface area (Å²) < 4.78 is 15.3. The van der Waals surface area contributed by atoms with Crippen LogP contribution in [0.15, 0.2) is 52.4 Å². The van der Waals surface area contributed by atoms with Crippen molar-refractivity contribution >= 4 is 40.3 Å². The Morgan fingerprint density at radius 3 is 2.61 bits per heavy atom. The van der Waals surface area contributed by atoms with Gasteiger partial charge in [-0.2, -0.15) is 0 Å². The molecule has 1 fully saturated rings. The van der Waals surface area contributed by atoms with Gasteiger partial charge in [0.2, 0.25) is 0 Å². The van der Waals surface area contributed by atoms with E-state index in [4.69, 9.17) is 0 Å². The summed E-state index contributed by atoms with van der Waals surface area (Å²) in [6.45, 7) is 12.2. The number of amidine groups is 1. The quantitative estimate of drug-likeness (QED) is 0.448. The van der Waals surface area contributed by atoms with E-state index >= 15 is 4.39 Å². The lowest BCUT2D eigenvalue weighted by Gasteiger charge is -2.47. The number of carbonyl (C=O) groups is 1. The normalized spacial score (nSPS) is 22.4. The fraction of sp³-hybridized carbons (Fsp3) is 0.407. The molecule has 0 saturated carbocycles.